The van der Waals surface area contributed by atoms with Crippen LogP contribution in [0.5, 0.6) is 5.75 Å². The van der Waals surface area contributed by atoms with Crippen molar-refractivity contribution in [2.45, 2.75) is 34.2 Å². The molecule has 5 heteroatoms. The first-order valence-corrected chi connectivity index (χ1v) is 8.59. The number of phenols is 1. The molecule has 0 aliphatic carbocycles. The van der Waals surface area contributed by atoms with Crippen molar-refractivity contribution in [1.82, 2.24) is 4.98 Å². The summed E-state index contributed by atoms with van der Waals surface area (Å²) in [5.74, 6) is -0.526. The first kappa shape index (κ1) is 17.7. The van der Waals surface area contributed by atoms with Crippen molar-refractivity contribution in [1.29, 1.82) is 0 Å². The molecule has 0 saturated heterocycles. The number of aromatic hydroxyl groups is 1. The van der Waals surface area contributed by atoms with Crippen LogP contribution in [0, 0.1) is 13.8 Å². The Morgan fingerprint density at radius 2 is 1.81 bits per heavy atom. The van der Waals surface area contributed by atoms with Crippen LogP contribution in [-0.4, -0.2) is 21.2 Å². The van der Waals surface area contributed by atoms with Crippen LogP contribution in [0.2, 0.25) is 0 Å². The van der Waals surface area contributed by atoms with E-state index >= 15 is 0 Å². The molecule has 134 valence electrons. The van der Waals surface area contributed by atoms with Gasteiger partial charge >= 0.3 is 0 Å². The number of phenolic OH excluding ortho intramolecular Hbond substituents is 1. The van der Waals surface area contributed by atoms with Gasteiger partial charge in [0.25, 0.3) is 5.97 Å². The summed E-state index contributed by atoms with van der Waals surface area (Å²) in [6, 6.07) is 7.72. The lowest BCUT2D eigenvalue weighted by molar-refractivity contribution is -0.692. The second-order valence-electron chi connectivity index (χ2n) is 6.48. The molecule has 0 fully saturated rings. The Hall–Kier alpha value is -3.08. The summed E-state index contributed by atoms with van der Waals surface area (Å²) in [6.45, 7) is 8.52. The van der Waals surface area contributed by atoms with Crippen LogP contribution >= 0.6 is 0 Å². The number of aliphatic carboxylic acids is 1. The highest BCUT2D eigenvalue weighted by atomic mass is 16.4. The van der Waals surface area contributed by atoms with E-state index in [1.165, 1.54) is 32.8 Å². The van der Waals surface area contributed by atoms with Gasteiger partial charge in [0.05, 0.1) is 5.52 Å². The molecule has 3 N–H and O–H groups in total. The molecule has 0 bridgehead atoms. The van der Waals surface area contributed by atoms with Gasteiger partial charge in [-0.25, -0.2) is 4.57 Å². The van der Waals surface area contributed by atoms with Crippen LogP contribution in [-0.2, 0) is 11.3 Å². The number of carbonyl (C=O) groups is 1. The van der Waals surface area contributed by atoms with Crippen LogP contribution < -0.4 is 4.57 Å². The molecule has 0 unspecified atom stereocenters. The van der Waals surface area contributed by atoms with Crippen molar-refractivity contribution in [2.24, 2.45) is 0 Å². The molecule has 2 heterocycles. The van der Waals surface area contributed by atoms with Gasteiger partial charge < -0.3 is 15.2 Å². The van der Waals surface area contributed by atoms with Crippen molar-refractivity contribution in [3.8, 4) is 5.75 Å². The first-order chi connectivity index (χ1) is 12.3. The number of nitrogens with zero attached hydrogens (tertiary/aromatic N) is 1. The maximum absolute atomic E-state index is 9.85. The van der Waals surface area contributed by atoms with Gasteiger partial charge in [-0.1, -0.05) is 0 Å². The quantitative estimate of drug-likeness (QED) is 0.450. The molecule has 26 heavy (non-hydrogen) atoms. The number of H-pyrrole nitrogens is 1. The third-order valence-corrected chi connectivity index (χ3v) is 4.72. The number of nitrogens with one attached hydrogen (secondary N) is 1. The fraction of sp³-hybridized carbons (Fsp3) is 0.238. The molecule has 0 aliphatic rings. The molecule has 5 nitrogen and oxygen atoms in total. The van der Waals surface area contributed by atoms with Crippen LogP contribution in [0.15, 0.2) is 36.7 Å². The minimum absolute atomic E-state index is 0.308. The van der Waals surface area contributed by atoms with Crippen molar-refractivity contribution in [2.75, 3.05) is 0 Å². The van der Waals surface area contributed by atoms with Crippen LogP contribution in [0.25, 0.3) is 32.6 Å². The molecule has 2 aromatic carbocycles. The molecule has 0 radical (unpaired) electrons. The highest BCUT2D eigenvalue weighted by Gasteiger charge is 2.16. The summed E-state index contributed by atoms with van der Waals surface area (Å²) < 4.78 is 2.20. The number of rotatable bonds is 1. The van der Waals surface area contributed by atoms with Gasteiger partial charge in [0.15, 0.2) is 12.4 Å². The van der Waals surface area contributed by atoms with E-state index in [1.54, 1.807) is 6.07 Å². The van der Waals surface area contributed by atoms with Crippen molar-refractivity contribution in [3.05, 3.63) is 47.8 Å². The van der Waals surface area contributed by atoms with Crippen molar-refractivity contribution < 1.29 is 19.6 Å². The van der Waals surface area contributed by atoms with E-state index in [0.29, 0.717) is 5.75 Å². The number of carboxylic acids is 1. The van der Waals surface area contributed by atoms with Gasteiger partial charge in [0.2, 0.25) is 0 Å². The first-order valence-electron chi connectivity index (χ1n) is 8.59. The van der Waals surface area contributed by atoms with E-state index in [0.717, 1.165) is 24.4 Å². The average molecular weight is 351 g/mol. The van der Waals surface area contributed by atoms with Crippen LogP contribution in [0.1, 0.15) is 25.0 Å². The van der Waals surface area contributed by atoms with Gasteiger partial charge in [0.1, 0.15) is 12.3 Å². The number of aromatic amines is 1. The largest absolute Gasteiger partial charge is 0.508 e. The molecule has 0 aliphatic heterocycles. The van der Waals surface area contributed by atoms with E-state index in [1.807, 2.05) is 12.1 Å². The Balaban J connectivity index is 0.000000447. The third kappa shape index (κ3) is 2.96. The molecule has 2 aromatic heterocycles. The summed E-state index contributed by atoms with van der Waals surface area (Å²) in [5.41, 5.74) is 4.75. The fourth-order valence-corrected chi connectivity index (χ4v) is 3.48. The summed E-state index contributed by atoms with van der Waals surface area (Å²) in [7, 11) is 0. The Morgan fingerprint density at radius 1 is 1.12 bits per heavy atom. The lowest BCUT2D eigenvalue weighted by atomic mass is 9.97. The van der Waals surface area contributed by atoms with E-state index in [2.05, 4.69) is 48.8 Å². The molecule has 4 rings (SSSR count). The SMILES string of the molecule is CC(=O)O.CC[n+]1ccc2c(C)c3[nH]c4ccc(O)cc4c3c(C)c2c1. The lowest BCUT2D eigenvalue weighted by Crippen LogP contribution is -2.30. The lowest BCUT2D eigenvalue weighted by Gasteiger charge is -2.08. The Morgan fingerprint density at radius 3 is 2.46 bits per heavy atom. The number of hydrogen-bond acceptors (Lipinski definition) is 2. The molecule has 4 aromatic rings. The molecule has 0 spiro atoms. The normalized spacial score (nSPS) is 10.9. The molecule has 0 saturated carbocycles. The van der Waals surface area contributed by atoms with E-state index < -0.39 is 5.97 Å². The van der Waals surface area contributed by atoms with E-state index in [-0.39, 0.29) is 0 Å². The number of benzene rings is 2. The number of aryl methyl sites for hydroxylation is 3. The van der Waals surface area contributed by atoms with E-state index in [4.69, 9.17) is 9.90 Å². The molecular weight excluding hydrogens is 328 g/mol. The second kappa shape index (κ2) is 6.67. The Kier molecular flexibility index (Phi) is 4.55. The fourth-order valence-electron chi connectivity index (χ4n) is 3.48. The average Bonchev–Trinajstić information content (AvgIpc) is 2.97. The van der Waals surface area contributed by atoms with Crippen LogP contribution in [0.4, 0.5) is 0 Å². The molecular formula is C21H23N2O3+. The van der Waals surface area contributed by atoms with Gasteiger partial charge in [-0.05, 0) is 55.5 Å². The number of carboxylic acid groups (broad SMARTS) is 1. The van der Waals surface area contributed by atoms with Crippen molar-refractivity contribution in [3.63, 3.8) is 0 Å². The van der Waals surface area contributed by atoms with Gasteiger partial charge in [-0.2, -0.15) is 0 Å². The predicted octanol–water partition coefficient (Wildman–Crippen LogP) is 4.20. The topological polar surface area (TPSA) is 77.2 Å². The standard InChI is InChI=1S/C19H18N2O.C2H4O2/c1-4-21-8-7-14-12(3)19-18(11(2)16(14)10-21)15-9-13(22)5-6-17(15)20-19;1-2(3)4/h5-10,22H,4H2,1-3H3;1H3,(H,3,4)/p+1. The van der Waals surface area contributed by atoms with Crippen molar-refractivity contribution >= 4 is 38.5 Å². The van der Waals surface area contributed by atoms with Gasteiger partial charge in [-0.3, -0.25) is 4.79 Å². The maximum Gasteiger partial charge on any atom is 0.300 e. The van der Waals surface area contributed by atoms with E-state index in [9.17, 15) is 5.11 Å². The Bertz CT molecular complexity index is 1140. The molecule has 0 amide bonds. The minimum Gasteiger partial charge on any atom is -0.508 e. The number of aromatic nitrogens is 2. The monoisotopic (exact) mass is 351 g/mol. The zero-order valence-corrected chi connectivity index (χ0v) is 15.4. The summed E-state index contributed by atoms with van der Waals surface area (Å²) >= 11 is 0. The van der Waals surface area contributed by atoms with Gasteiger partial charge in [-0.15, -0.1) is 0 Å². The number of fused-ring (bicyclic) bond motifs is 4. The number of pyridine rings is 1. The second-order valence-corrected chi connectivity index (χ2v) is 6.48. The summed E-state index contributed by atoms with van der Waals surface area (Å²) in [4.78, 5) is 12.5. The highest BCUT2D eigenvalue weighted by molar-refractivity contribution is 6.16. The smallest absolute Gasteiger partial charge is 0.300 e. The third-order valence-electron chi connectivity index (χ3n) is 4.72. The summed E-state index contributed by atoms with van der Waals surface area (Å²) in [6.07, 6.45) is 4.35. The predicted molar refractivity (Wildman–Crippen MR) is 104 cm³/mol. The molecule has 0 atom stereocenters. The zero-order chi connectivity index (χ0) is 19.0. The highest BCUT2D eigenvalue weighted by Crippen LogP contribution is 2.36. The zero-order valence-electron chi connectivity index (χ0n) is 15.4. The van der Waals surface area contributed by atoms with Crippen LogP contribution in [0.3, 0.4) is 0 Å². The number of hydrogen-bond donors (Lipinski definition) is 3. The Labute approximate surface area is 151 Å². The van der Waals surface area contributed by atoms with Gasteiger partial charge in [0, 0.05) is 34.7 Å². The minimum atomic E-state index is -0.833. The summed E-state index contributed by atoms with van der Waals surface area (Å²) in [5, 5.41) is 22.1. The maximum atomic E-state index is 9.85.